The van der Waals surface area contributed by atoms with Crippen LogP contribution in [0.3, 0.4) is 0 Å². The minimum Gasteiger partial charge on any atom is -0.346 e. The van der Waals surface area contributed by atoms with Gasteiger partial charge in [0.1, 0.15) is 17.0 Å². The number of likely N-dealkylation sites (tertiary alicyclic amines) is 1. The van der Waals surface area contributed by atoms with E-state index in [0.29, 0.717) is 6.42 Å². The van der Waals surface area contributed by atoms with E-state index in [2.05, 4.69) is 27.8 Å². The van der Waals surface area contributed by atoms with Crippen molar-refractivity contribution in [3.8, 4) is 0 Å². The van der Waals surface area contributed by atoms with Crippen molar-refractivity contribution in [2.45, 2.75) is 104 Å². The number of hydrogen-bond acceptors (Lipinski definition) is 8. The molecule has 6 amide bonds. The highest BCUT2D eigenvalue weighted by atomic mass is 32.2. The standard InChI is InChI=1S/C37H54N6O8S/c1-11-15-23(28(44)31(46)38-18-12-2)39-30(45)27-26-22(37(26,9)10)19-42(27)33(48)29(36(6,7)8)41-34(49)40-25(35(3,4)5)20-43-32(47)21-16-13-14-17-24(21)52(43,50)51/h12-14,16-17,22-23,25-27,29H,2,11,15,18-20H2,1,3-10H3,(H,38,46)(H,39,45)(H2,40,41,49)/t22-,23?,25+,26-,27?,29+/m0/s1. The highest BCUT2D eigenvalue weighted by Gasteiger charge is 2.70. The van der Waals surface area contributed by atoms with Gasteiger partial charge in [-0.25, -0.2) is 17.5 Å². The average Bonchev–Trinajstić information content (AvgIpc) is 3.31. The molecule has 2 heterocycles. The number of benzene rings is 1. The number of carbonyl (C=O) groups is 6. The van der Waals surface area contributed by atoms with Crippen molar-refractivity contribution in [2.24, 2.45) is 28.1 Å². The molecule has 0 radical (unpaired) electrons. The van der Waals surface area contributed by atoms with Gasteiger partial charge in [-0.2, -0.15) is 0 Å². The second-order valence-electron chi connectivity index (χ2n) is 16.8. The Morgan fingerprint density at radius 1 is 1.00 bits per heavy atom. The summed E-state index contributed by atoms with van der Waals surface area (Å²) in [5, 5.41) is 10.8. The van der Waals surface area contributed by atoms with Crippen LogP contribution in [0.4, 0.5) is 4.79 Å². The first-order valence-corrected chi connectivity index (χ1v) is 19.2. The van der Waals surface area contributed by atoms with E-state index in [4.69, 9.17) is 0 Å². The van der Waals surface area contributed by atoms with Gasteiger partial charge in [-0.3, -0.25) is 24.0 Å². The molecule has 1 saturated carbocycles. The SMILES string of the molecule is C=CCNC(=O)C(=O)C(CCC)NC(=O)C1[C@@H]2[C@H](CN1C(=O)[C@@H](NC(=O)N[C@H](CN1C(=O)c3ccccc3S1(=O)=O)C(C)(C)C)C(C)(C)C)C2(C)C. The summed E-state index contributed by atoms with van der Waals surface area (Å²) in [6, 6.07) is 1.18. The lowest BCUT2D eigenvalue weighted by Crippen LogP contribution is -2.62. The molecule has 0 spiro atoms. The molecule has 52 heavy (non-hydrogen) atoms. The molecule has 15 heteroatoms. The number of nitrogens with zero attached hydrogens (tertiary/aromatic N) is 2. The summed E-state index contributed by atoms with van der Waals surface area (Å²) in [7, 11) is -4.14. The number of fused-ring (bicyclic) bond motifs is 2. The van der Waals surface area contributed by atoms with Crippen molar-refractivity contribution in [1.82, 2.24) is 30.5 Å². The van der Waals surface area contributed by atoms with Crippen LogP contribution in [0.15, 0.2) is 41.8 Å². The Morgan fingerprint density at radius 2 is 1.63 bits per heavy atom. The predicted molar refractivity (Wildman–Crippen MR) is 194 cm³/mol. The predicted octanol–water partition coefficient (Wildman–Crippen LogP) is 2.60. The monoisotopic (exact) mass is 742 g/mol. The molecule has 4 N–H and O–H groups in total. The summed E-state index contributed by atoms with van der Waals surface area (Å²) in [4.78, 5) is 82.2. The third-order valence-corrected chi connectivity index (χ3v) is 12.4. The van der Waals surface area contributed by atoms with Crippen molar-refractivity contribution in [2.75, 3.05) is 19.6 Å². The lowest BCUT2D eigenvalue weighted by Gasteiger charge is -2.39. The molecule has 2 aliphatic heterocycles. The smallest absolute Gasteiger partial charge is 0.315 e. The number of carbonyl (C=O) groups excluding carboxylic acids is 6. The topological polar surface area (TPSA) is 191 Å². The maximum absolute atomic E-state index is 14.4. The maximum atomic E-state index is 14.4. The van der Waals surface area contributed by atoms with Crippen LogP contribution in [0.25, 0.3) is 0 Å². The van der Waals surface area contributed by atoms with Crippen LogP contribution in [-0.2, 0) is 29.2 Å². The Kier molecular flexibility index (Phi) is 11.4. The number of sulfonamides is 1. The molecule has 1 aliphatic carbocycles. The second kappa shape index (κ2) is 14.6. The lowest BCUT2D eigenvalue weighted by atomic mass is 9.85. The summed E-state index contributed by atoms with van der Waals surface area (Å²) in [6.07, 6.45) is 2.18. The van der Waals surface area contributed by atoms with Crippen molar-refractivity contribution in [3.05, 3.63) is 42.5 Å². The quantitative estimate of drug-likeness (QED) is 0.175. The first-order valence-electron chi connectivity index (χ1n) is 17.8. The van der Waals surface area contributed by atoms with E-state index < -0.39 is 80.5 Å². The van der Waals surface area contributed by atoms with Gasteiger partial charge in [-0.05, 0) is 46.6 Å². The highest BCUT2D eigenvalue weighted by Crippen LogP contribution is 2.65. The van der Waals surface area contributed by atoms with Gasteiger partial charge in [0.2, 0.25) is 17.6 Å². The minimum absolute atomic E-state index is 0.00667. The summed E-state index contributed by atoms with van der Waals surface area (Å²) in [6.45, 7) is 20.1. The summed E-state index contributed by atoms with van der Waals surface area (Å²) in [5.74, 6) is -3.54. The van der Waals surface area contributed by atoms with Gasteiger partial charge in [-0.15, -0.1) is 6.58 Å². The van der Waals surface area contributed by atoms with Crippen molar-refractivity contribution >= 4 is 45.5 Å². The number of Topliss-reactive ketones (excluding diaryl/α,β-unsaturated/α-hetero) is 1. The Hall–Kier alpha value is -4.27. The summed E-state index contributed by atoms with van der Waals surface area (Å²) < 4.78 is 27.4. The Labute approximate surface area is 306 Å². The Bertz CT molecular complexity index is 1740. The zero-order chi connectivity index (χ0) is 39.1. The maximum Gasteiger partial charge on any atom is 0.315 e. The molecule has 1 saturated heterocycles. The molecule has 1 aromatic carbocycles. The van der Waals surface area contributed by atoms with E-state index in [1.54, 1.807) is 47.6 Å². The zero-order valence-corrected chi connectivity index (χ0v) is 32.5. The molecule has 4 rings (SSSR count). The molecule has 3 aliphatic rings. The van der Waals surface area contributed by atoms with Crippen LogP contribution in [-0.4, -0.2) is 96.9 Å². The van der Waals surface area contributed by atoms with E-state index in [1.807, 2.05) is 20.8 Å². The first-order chi connectivity index (χ1) is 24.0. The molecular weight excluding hydrogens is 689 g/mol. The van der Waals surface area contributed by atoms with Crippen LogP contribution in [0.1, 0.15) is 85.5 Å². The fraction of sp³-hybridized carbons (Fsp3) is 0.622. The van der Waals surface area contributed by atoms with Gasteiger partial charge in [0.05, 0.1) is 24.2 Å². The van der Waals surface area contributed by atoms with Gasteiger partial charge in [0.15, 0.2) is 0 Å². The molecular formula is C37H54N6O8S. The Balaban J connectivity index is 1.54. The zero-order valence-electron chi connectivity index (χ0n) is 31.7. The molecule has 2 fully saturated rings. The number of urea groups is 1. The van der Waals surface area contributed by atoms with Crippen molar-refractivity contribution < 1.29 is 37.2 Å². The largest absolute Gasteiger partial charge is 0.346 e. The van der Waals surface area contributed by atoms with Crippen LogP contribution in [0.2, 0.25) is 0 Å². The van der Waals surface area contributed by atoms with Crippen LogP contribution < -0.4 is 21.3 Å². The Morgan fingerprint density at radius 3 is 2.19 bits per heavy atom. The van der Waals surface area contributed by atoms with E-state index in [9.17, 15) is 37.2 Å². The van der Waals surface area contributed by atoms with Crippen LogP contribution in [0.5, 0.6) is 0 Å². The molecule has 1 aromatic rings. The molecule has 14 nitrogen and oxygen atoms in total. The first kappa shape index (κ1) is 40.5. The summed E-state index contributed by atoms with van der Waals surface area (Å²) in [5.41, 5.74) is -1.75. The van der Waals surface area contributed by atoms with Gasteiger partial charge in [-0.1, -0.05) is 86.9 Å². The number of piperidine rings is 1. The fourth-order valence-electron chi connectivity index (χ4n) is 7.30. The van der Waals surface area contributed by atoms with E-state index in [0.717, 1.165) is 4.31 Å². The second-order valence-corrected chi connectivity index (χ2v) is 18.6. The molecule has 6 atom stereocenters. The van der Waals surface area contributed by atoms with Gasteiger partial charge < -0.3 is 26.2 Å². The van der Waals surface area contributed by atoms with Gasteiger partial charge in [0.25, 0.3) is 21.8 Å². The number of rotatable bonds is 13. The normalized spacial score (nSPS) is 23.0. The van der Waals surface area contributed by atoms with Gasteiger partial charge >= 0.3 is 6.03 Å². The van der Waals surface area contributed by atoms with E-state index >= 15 is 0 Å². The van der Waals surface area contributed by atoms with Crippen LogP contribution >= 0.6 is 0 Å². The number of hydrogen-bond donors (Lipinski definition) is 4. The number of nitrogens with one attached hydrogen (secondary N) is 4. The third-order valence-electron chi connectivity index (χ3n) is 10.6. The van der Waals surface area contributed by atoms with E-state index in [-0.39, 0.29) is 53.8 Å². The summed E-state index contributed by atoms with van der Waals surface area (Å²) >= 11 is 0. The molecule has 286 valence electrons. The van der Waals surface area contributed by atoms with Crippen molar-refractivity contribution in [1.29, 1.82) is 0 Å². The molecule has 2 unspecified atom stereocenters. The average molecular weight is 743 g/mol. The number of amides is 6. The third kappa shape index (κ3) is 7.88. The number of ketones is 1. The van der Waals surface area contributed by atoms with Gasteiger partial charge in [0, 0.05) is 13.1 Å². The molecule has 0 aromatic heterocycles. The van der Waals surface area contributed by atoms with Crippen LogP contribution in [0, 0.1) is 28.1 Å². The molecule has 0 bridgehead atoms. The fourth-order valence-corrected chi connectivity index (χ4v) is 8.88. The minimum atomic E-state index is -4.14. The van der Waals surface area contributed by atoms with E-state index in [1.165, 1.54) is 29.2 Å². The lowest BCUT2D eigenvalue weighted by molar-refractivity contribution is -0.145. The van der Waals surface area contributed by atoms with Crippen molar-refractivity contribution in [3.63, 3.8) is 0 Å². The highest BCUT2D eigenvalue weighted by molar-refractivity contribution is 7.90.